The summed E-state index contributed by atoms with van der Waals surface area (Å²) in [5.41, 5.74) is 6.34. The third-order valence-corrected chi connectivity index (χ3v) is 2.54. The Kier molecular flexibility index (Phi) is 1.40. The second-order valence-electron chi connectivity index (χ2n) is 3.71. The molecule has 5 heteroatoms. The molecule has 0 bridgehead atoms. The molecule has 0 aliphatic heterocycles. The van der Waals surface area contributed by atoms with Gasteiger partial charge >= 0.3 is 6.09 Å². The molecule has 70 valence electrons. The van der Waals surface area contributed by atoms with Crippen molar-refractivity contribution in [3.8, 4) is 0 Å². The Balaban J connectivity index is 2.41. The van der Waals surface area contributed by atoms with Gasteiger partial charge in [-0.05, 0) is 12.8 Å². The molecule has 1 aromatic rings. The second kappa shape index (κ2) is 2.25. The van der Waals surface area contributed by atoms with Crippen LogP contribution in [0.15, 0.2) is 6.07 Å². The van der Waals surface area contributed by atoms with Gasteiger partial charge in [0.25, 0.3) is 0 Å². The fourth-order valence-corrected chi connectivity index (χ4v) is 1.29. The van der Waals surface area contributed by atoms with Gasteiger partial charge in [-0.2, -0.15) is 5.10 Å². The lowest BCUT2D eigenvalue weighted by molar-refractivity contribution is 0.193. The average molecular weight is 181 g/mol. The summed E-state index contributed by atoms with van der Waals surface area (Å²) in [7, 11) is 0. The molecule has 1 saturated carbocycles. The first-order valence-corrected chi connectivity index (χ1v) is 4.12. The third kappa shape index (κ3) is 1.16. The number of carbonyl (C=O) groups is 1. The van der Waals surface area contributed by atoms with E-state index in [1.807, 2.05) is 0 Å². The molecule has 1 aliphatic rings. The molecule has 0 radical (unpaired) electrons. The van der Waals surface area contributed by atoms with Crippen molar-refractivity contribution in [1.82, 2.24) is 9.78 Å². The van der Waals surface area contributed by atoms with Gasteiger partial charge in [0.2, 0.25) is 0 Å². The molecule has 0 aromatic carbocycles. The van der Waals surface area contributed by atoms with Gasteiger partial charge in [-0.15, -0.1) is 4.68 Å². The average Bonchev–Trinajstić information content (AvgIpc) is 2.63. The summed E-state index contributed by atoms with van der Waals surface area (Å²) in [6.07, 6.45) is 0.986. The van der Waals surface area contributed by atoms with E-state index in [0.29, 0.717) is 0 Å². The number of anilines is 1. The van der Waals surface area contributed by atoms with E-state index in [1.54, 1.807) is 6.07 Å². The Morgan fingerprint density at radius 3 is 2.77 bits per heavy atom. The van der Waals surface area contributed by atoms with Gasteiger partial charge < -0.3 is 10.8 Å². The predicted molar refractivity (Wildman–Crippen MR) is 46.6 cm³/mol. The number of hydrogen-bond acceptors (Lipinski definition) is 3. The van der Waals surface area contributed by atoms with Crippen molar-refractivity contribution in [3.63, 3.8) is 0 Å². The first kappa shape index (κ1) is 8.10. The molecule has 0 amide bonds. The molecule has 3 N–H and O–H groups in total. The lowest BCUT2D eigenvalue weighted by atomic mass is 10.1. The van der Waals surface area contributed by atoms with Crippen LogP contribution in [0.4, 0.5) is 10.6 Å². The van der Waals surface area contributed by atoms with Gasteiger partial charge in [-0.3, -0.25) is 0 Å². The van der Waals surface area contributed by atoms with Crippen LogP contribution in [0.1, 0.15) is 25.5 Å². The topological polar surface area (TPSA) is 81.1 Å². The third-order valence-electron chi connectivity index (χ3n) is 2.54. The molecular weight excluding hydrogens is 170 g/mol. The maximum Gasteiger partial charge on any atom is 0.434 e. The molecular formula is C8H11N3O2. The SMILES string of the molecule is CC1(c2cc(N)n(C(=O)O)n2)CC1. The van der Waals surface area contributed by atoms with E-state index in [4.69, 9.17) is 10.8 Å². The Morgan fingerprint density at radius 1 is 1.77 bits per heavy atom. The van der Waals surface area contributed by atoms with Crippen molar-refractivity contribution in [1.29, 1.82) is 0 Å². The van der Waals surface area contributed by atoms with E-state index in [0.717, 1.165) is 23.2 Å². The molecule has 1 heterocycles. The van der Waals surface area contributed by atoms with Crippen LogP contribution in [-0.4, -0.2) is 21.0 Å². The van der Waals surface area contributed by atoms with Gasteiger partial charge in [0.15, 0.2) is 0 Å². The van der Waals surface area contributed by atoms with Crippen molar-refractivity contribution in [2.75, 3.05) is 5.73 Å². The fraction of sp³-hybridized carbons (Fsp3) is 0.500. The molecule has 13 heavy (non-hydrogen) atoms. The predicted octanol–water partition coefficient (Wildman–Crippen LogP) is 1.04. The summed E-state index contributed by atoms with van der Waals surface area (Å²) in [5, 5.41) is 12.6. The monoisotopic (exact) mass is 181 g/mol. The normalized spacial score (nSPS) is 18.5. The van der Waals surface area contributed by atoms with E-state index in [2.05, 4.69) is 12.0 Å². The minimum absolute atomic E-state index is 0.0643. The minimum Gasteiger partial charge on any atom is -0.463 e. The van der Waals surface area contributed by atoms with Crippen LogP contribution in [0, 0.1) is 0 Å². The second-order valence-corrected chi connectivity index (χ2v) is 3.71. The van der Waals surface area contributed by atoms with Gasteiger partial charge in [-0.1, -0.05) is 6.92 Å². The molecule has 2 rings (SSSR count). The van der Waals surface area contributed by atoms with Crippen LogP contribution in [0.5, 0.6) is 0 Å². The van der Waals surface area contributed by atoms with Crippen molar-refractivity contribution >= 4 is 11.9 Å². The van der Waals surface area contributed by atoms with Crippen LogP contribution in [0.3, 0.4) is 0 Å². The molecule has 0 spiro atoms. The maximum atomic E-state index is 10.6. The molecule has 0 saturated heterocycles. The first-order valence-electron chi connectivity index (χ1n) is 4.12. The maximum absolute atomic E-state index is 10.6. The number of nitrogens with zero attached hydrogens (tertiary/aromatic N) is 2. The van der Waals surface area contributed by atoms with Crippen molar-refractivity contribution in [2.24, 2.45) is 0 Å². The van der Waals surface area contributed by atoms with Gasteiger partial charge in [0.05, 0.1) is 5.69 Å². The Morgan fingerprint density at radius 2 is 2.38 bits per heavy atom. The largest absolute Gasteiger partial charge is 0.463 e. The molecule has 1 aromatic heterocycles. The van der Waals surface area contributed by atoms with E-state index in [9.17, 15) is 4.79 Å². The Bertz CT molecular complexity index is 365. The molecule has 0 unspecified atom stereocenters. The van der Waals surface area contributed by atoms with E-state index < -0.39 is 6.09 Å². The summed E-state index contributed by atoms with van der Waals surface area (Å²) < 4.78 is 0.818. The summed E-state index contributed by atoms with van der Waals surface area (Å²) in [4.78, 5) is 10.6. The van der Waals surface area contributed by atoms with Crippen molar-refractivity contribution in [3.05, 3.63) is 11.8 Å². The summed E-state index contributed by atoms with van der Waals surface area (Å²) in [6.45, 7) is 2.06. The number of rotatable bonds is 1. The summed E-state index contributed by atoms with van der Waals surface area (Å²) >= 11 is 0. The number of nitrogens with two attached hydrogens (primary N) is 1. The van der Waals surface area contributed by atoms with Crippen LogP contribution in [0.25, 0.3) is 0 Å². The lowest BCUT2D eigenvalue weighted by Gasteiger charge is -2.00. The number of hydrogen-bond donors (Lipinski definition) is 2. The zero-order valence-corrected chi connectivity index (χ0v) is 7.32. The smallest absolute Gasteiger partial charge is 0.434 e. The molecule has 0 atom stereocenters. The lowest BCUT2D eigenvalue weighted by Crippen LogP contribution is -2.13. The molecule has 1 aliphatic carbocycles. The highest BCUT2D eigenvalue weighted by atomic mass is 16.4. The first-order chi connectivity index (χ1) is 6.03. The van der Waals surface area contributed by atoms with Crippen molar-refractivity contribution < 1.29 is 9.90 Å². The quantitative estimate of drug-likeness (QED) is 0.678. The molecule has 5 nitrogen and oxygen atoms in total. The highest BCUT2D eigenvalue weighted by Crippen LogP contribution is 2.47. The summed E-state index contributed by atoms with van der Waals surface area (Å²) in [5.74, 6) is 0.190. The highest BCUT2D eigenvalue weighted by Gasteiger charge is 2.41. The van der Waals surface area contributed by atoms with Gasteiger partial charge in [0.1, 0.15) is 5.82 Å². The number of nitrogen functional groups attached to an aromatic ring is 1. The Hall–Kier alpha value is -1.52. The number of carboxylic acid groups (broad SMARTS) is 1. The van der Waals surface area contributed by atoms with Crippen LogP contribution < -0.4 is 5.73 Å². The minimum atomic E-state index is -1.13. The fourth-order valence-electron chi connectivity index (χ4n) is 1.29. The van der Waals surface area contributed by atoms with Gasteiger partial charge in [-0.25, -0.2) is 4.79 Å². The zero-order valence-electron chi connectivity index (χ0n) is 7.32. The van der Waals surface area contributed by atoms with Gasteiger partial charge in [0, 0.05) is 11.5 Å². The zero-order chi connectivity index (χ0) is 9.64. The standard InChI is InChI=1S/C8H11N3O2/c1-8(2-3-8)5-4-6(9)11(10-5)7(12)13/h4H,2-3,9H2,1H3,(H,12,13). The summed E-state index contributed by atoms with van der Waals surface area (Å²) in [6, 6.07) is 1.64. The van der Waals surface area contributed by atoms with E-state index in [1.165, 1.54) is 0 Å². The molecule has 1 fully saturated rings. The highest BCUT2D eigenvalue weighted by molar-refractivity contribution is 5.71. The van der Waals surface area contributed by atoms with Crippen LogP contribution in [-0.2, 0) is 5.41 Å². The van der Waals surface area contributed by atoms with E-state index >= 15 is 0 Å². The Labute approximate surface area is 75.2 Å². The number of aromatic nitrogens is 2. The van der Waals surface area contributed by atoms with Crippen molar-refractivity contribution in [2.45, 2.75) is 25.2 Å². The van der Waals surface area contributed by atoms with Crippen LogP contribution in [0.2, 0.25) is 0 Å². The van der Waals surface area contributed by atoms with Crippen LogP contribution >= 0.6 is 0 Å². The van der Waals surface area contributed by atoms with E-state index in [-0.39, 0.29) is 11.2 Å².